The van der Waals surface area contributed by atoms with Gasteiger partial charge in [-0.15, -0.1) is 0 Å². The van der Waals surface area contributed by atoms with Crippen molar-refractivity contribution >= 4 is 5.91 Å². The Labute approximate surface area is 124 Å². The second-order valence-corrected chi connectivity index (χ2v) is 5.38. The number of benzene rings is 1. The van der Waals surface area contributed by atoms with Gasteiger partial charge >= 0.3 is 0 Å². The molecule has 112 valence electrons. The van der Waals surface area contributed by atoms with Crippen molar-refractivity contribution in [1.82, 2.24) is 15.5 Å². The average Bonchev–Trinajstić information content (AvgIpc) is 2.97. The number of aliphatic hydroxyl groups excluding tert-OH is 1. The number of aromatic nitrogens is 2. The zero-order valence-corrected chi connectivity index (χ0v) is 12.3. The van der Waals surface area contributed by atoms with Crippen molar-refractivity contribution in [3.8, 4) is 11.3 Å². The maximum atomic E-state index is 12.2. The molecule has 1 aromatic carbocycles. The van der Waals surface area contributed by atoms with Gasteiger partial charge in [0.05, 0.1) is 23.6 Å². The minimum atomic E-state index is -0.400. The minimum Gasteiger partial charge on any atom is -0.393 e. The van der Waals surface area contributed by atoms with Gasteiger partial charge in [0.2, 0.25) is 0 Å². The number of carbonyl (C=O) groups excluding carboxylic acids is 1. The van der Waals surface area contributed by atoms with Crippen LogP contribution in [0.2, 0.25) is 0 Å². The van der Waals surface area contributed by atoms with E-state index in [1.807, 2.05) is 44.2 Å². The molecule has 0 saturated heterocycles. The lowest BCUT2D eigenvalue weighted by atomic mass is 10.0. The van der Waals surface area contributed by atoms with Crippen LogP contribution in [0.1, 0.15) is 30.6 Å². The van der Waals surface area contributed by atoms with Gasteiger partial charge in [0.25, 0.3) is 5.91 Å². The van der Waals surface area contributed by atoms with Gasteiger partial charge in [0, 0.05) is 12.1 Å². The Morgan fingerprint density at radius 3 is 2.71 bits per heavy atom. The largest absolute Gasteiger partial charge is 0.393 e. The van der Waals surface area contributed by atoms with E-state index in [-0.39, 0.29) is 11.8 Å². The molecule has 1 aromatic heterocycles. The maximum Gasteiger partial charge on any atom is 0.255 e. The summed E-state index contributed by atoms with van der Waals surface area (Å²) in [7, 11) is 0. The number of aromatic amines is 1. The molecule has 0 radical (unpaired) electrons. The van der Waals surface area contributed by atoms with E-state index in [1.165, 1.54) is 6.20 Å². The van der Waals surface area contributed by atoms with Crippen LogP contribution in [0.4, 0.5) is 0 Å². The Bertz CT molecular complexity index is 578. The van der Waals surface area contributed by atoms with Crippen LogP contribution >= 0.6 is 0 Å². The number of H-pyrrole nitrogens is 1. The number of nitrogens with one attached hydrogen (secondary N) is 2. The number of nitrogens with zero attached hydrogens (tertiary/aromatic N) is 1. The summed E-state index contributed by atoms with van der Waals surface area (Å²) in [4.78, 5) is 12.2. The molecule has 0 aliphatic carbocycles. The van der Waals surface area contributed by atoms with E-state index in [0.29, 0.717) is 24.2 Å². The Hall–Kier alpha value is -2.14. The fourth-order valence-electron chi connectivity index (χ4n) is 2.05. The third-order valence-electron chi connectivity index (χ3n) is 3.44. The lowest BCUT2D eigenvalue weighted by Gasteiger charge is -2.14. The molecule has 21 heavy (non-hydrogen) atoms. The molecule has 3 N–H and O–H groups in total. The molecule has 0 spiro atoms. The molecule has 1 heterocycles. The van der Waals surface area contributed by atoms with Gasteiger partial charge in [-0.3, -0.25) is 9.89 Å². The molecule has 1 atom stereocenters. The molecule has 0 aliphatic rings. The molecule has 5 nitrogen and oxygen atoms in total. The molecule has 0 bridgehead atoms. The molecule has 2 rings (SSSR count). The Kier molecular flexibility index (Phi) is 5.11. The number of rotatable bonds is 6. The van der Waals surface area contributed by atoms with Crippen LogP contribution < -0.4 is 5.32 Å². The normalized spacial score (nSPS) is 12.4. The van der Waals surface area contributed by atoms with Crippen molar-refractivity contribution < 1.29 is 9.90 Å². The fraction of sp³-hybridized carbons (Fsp3) is 0.375. The second kappa shape index (κ2) is 7.04. The summed E-state index contributed by atoms with van der Waals surface area (Å²) in [6.07, 6.45) is 1.67. The van der Waals surface area contributed by atoms with Crippen molar-refractivity contribution in [3.63, 3.8) is 0 Å². The Morgan fingerprint density at radius 2 is 2.05 bits per heavy atom. The first-order chi connectivity index (χ1) is 10.1. The van der Waals surface area contributed by atoms with Gasteiger partial charge < -0.3 is 10.4 Å². The van der Waals surface area contributed by atoms with Crippen LogP contribution in [-0.4, -0.2) is 33.9 Å². The summed E-state index contributed by atoms with van der Waals surface area (Å²) in [6.45, 7) is 4.35. The third kappa shape index (κ3) is 3.92. The topological polar surface area (TPSA) is 78.0 Å². The molecule has 1 unspecified atom stereocenters. The van der Waals surface area contributed by atoms with Crippen LogP contribution in [-0.2, 0) is 0 Å². The van der Waals surface area contributed by atoms with Crippen LogP contribution in [0.3, 0.4) is 0 Å². The molecular weight excluding hydrogens is 266 g/mol. The molecule has 0 saturated carbocycles. The van der Waals surface area contributed by atoms with E-state index in [0.717, 1.165) is 5.56 Å². The second-order valence-electron chi connectivity index (χ2n) is 5.38. The summed E-state index contributed by atoms with van der Waals surface area (Å²) in [6, 6.07) is 9.60. The maximum absolute atomic E-state index is 12.2. The van der Waals surface area contributed by atoms with E-state index in [9.17, 15) is 9.90 Å². The van der Waals surface area contributed by atoms with Crippen molar-refractivity contribution in [1.29, 1.82) is 0 Å². The SMILES string of the molecule is CC(C)C(O)CCNC(=O)c1cn[nH]c1-c1ccccc1. The average molecular weight is 287 g/mol. The smallest absolute Gasteiger partial charge is 0.255 e. The number of amides is 1. The van der Waals surface area contributed by atoms with Crippen LogP contribution in [0.15, 0.2) is 36.5 Å². The molecule has 1 amide bonds. The van der Waals surface area contributed by atoms with Gasteiger partial charge in [0.15, 0.2) is 0 Å². The van der Waals surface area contributed by atoms with Crippen LogP contribution in [0.25, 0.3) is 11.3 Å². The van der Waals surface area contributed by atoms with E-state index in [4.69, 9.17) is 0 Å². The van der Waals surface area contributed by atoms with Gasteiger partial charge in [-0.1, -0.05) is 44.2 Å². The highest BCUT2D eigenvalue weighted by molar-refractivity contribution is 5.99. The first-order valence-corrected chi connectivity index (χ1v) is 7.14. The number of aliphatic hydroxyl groups is 1. The fourth-order valence-corrected chi connectivity index (χ4v) is 2.05. The van der Waals surface area contributed by atoms with Crippen LogP contribution in [0, 0.1) is 5.92 Å². The molecule has 2 aromatic rings. The van der Waals surface area contributed by atoms with Crippen molar-refractivity contribution in [2.24, 2.45) is 5.92 Å². The van der Waals surface area contributed by atoms with E-state index < -0.39 is 6.10 Å². The number of hydrogen-bond donors (Lipinski definition) is 3. The van der Waals surface area contributed by atoms with E-state index >= 15 is 0 Å². The van der Waals surface area contributed by atoms with Crippen molar-refractivity contribution in [2.75, 3.05) is 6.54 Å². The number of hydrogen-bond acceptors (Lipinski definition) is 3. The minimum absolute atomic E-state index is 0.182. The lowest BCUT2D eigenvalue weighted by Crippen LogP contribution is -2.28. The highest BCUT2D eigenvalue weighted by atomic mass is 16.3. The van der Waals surface area contributed by atoms with Gasteiger partial charge in [-0.2, -0.15) is 5.10 Å². The monoisotopic (exact) mass is 287 g/mol. The van der Waals surface area contributed by atoms with Crippen molar-refractivity contribution in [3.05, 3.63) is 42.1 Å². The standard InChI is InChI=1S/C16H21N3O2/c1-11(2)14(20)8-9-17-16(21)13-10-18-19-15(13)12-6-4-3-5-7-12/h3-7,10-11,14,20H,8-9H2,1-2H3,(H,17,21)(H,18,19). The summed E-state index contributed by atoms with van der Waals surface area (Å²) < 4.78 is 0. The summed E-state index contributed by atoms with van der Waals surface area (Å²) in [5, 5.41) is 19.4. The van der Waals surface area contributed by atoms with E-state index in [2.05, 4.69) is 15.5 Å². The zero-order chi connectivity index (χ0) is 15.2. The first kappa shape index (κ1) is 15.3. The molecule has 0 aliphatic heterocycles. The van der Waals surface area contributed by atoms with Gasteiger partial charge in [0.1, 0.15) is 0 Å². The Morgan fingerprint density at radius 1 is 1.33 bits per heavy atom. The predicted octanol–water partition coefficient (Wildman–Crippen LogP) is 2.21. The third-order valence-corrected chi connectivity index (χ3v) is 3.44. The van der Waals surface area contributed by atoms with Crippen molar-refractivity contribution in [2.45, 2.75) is 26.4 Å². The predicted molar refractivity (Wildman–Crippen MR) is 81.8 cm³/mol. The molecular formula is C16H21N3O2. The Balaban J connectivity index is 2.00. The quantitative estimate of drug-likeness (QED) is 0.762. The molecule has 5 heteroatoms. The first-order valence-electron chi connectivity index (χ1n) is 7.14. The summed E-state index contributed by atoms with van der Waals surface area (Å²) in [5.74, 6) is 0.00858. The highest BCUT2D eigenvalue weighted by Crippen LogP contribution is 2.20. The van der Waals surface area contributed by atoms with Gasteiger partial charge in [-0.05, 0) is 12.3 Å². The highest BCUT2D eigenvalue weighted by Gasteiger charge is 2.15. The molecule has 0 fully saturated rings. The van der Waals surface area contributed by atoms with Gasteiger partial charge in [-0.25, -0.2) is 0 Å². The van der Waals surface area contributed by atoms with E-state index in [1.54, 1.807) is 0 Å². The van der Waals surface area contributed by atoms with Crippen LogP contribution in [0.5, 0.6) is 0 Å². The lowest BCUT2D eigenvalue weighted by molar-refractivity contribution is 0.0921. The summed E-state index contributed by atoms with van der Waals surface area (Å²) >= 11 is 0. The number of carbonyl (C=O) groups is 1. The zero-order valence-electron chi connectivity index (χ0n) is 12.3. The summed E-state index contributed by atoms with van der Waals surface area (Å²) in [5.41, 5.74) is 2.14.